The average Bonchev–Trinajstić information content (AvgIpc) is 2.47. The van der Waals surface area contributed by atoms with Crippen LogP contribution in [0.25, 0.3) is 0 Å². The molecule has 1 saturated heterocycles. The third kappa shape index (κ3) is 4.26. The van der Waals surface area contributed by atoms with Gasteiger partial charge in [-0.3, -0.25) is 16.0 Å². The summed E-state index contributed by atoms with van der Waals surface area (Å²) in [4.78, 5) is 21.8. The van der Waals surface area contributed by atoms with Crippen LogP contribution in [-0.4, -0.2) is 29.7 Å². The van der Waals surface area contributed by atoms with Gasteiger partial charge in [0, 0.05) is 6.54 Å². The minimum absolute atomic E-state index is 0.343. The van der Waals surface area contributed by atoms with Crippen LogP contribution >= 0.6 is 0 Å². The second-order valence-corrected chi connectivity index (χ2v) is 3.46. The molecule has 88 valence electrons. The van der Waals surface area contributed by atoms with Crippen molar-refractivity contribution in [3.8, 4) is 0 Å². The molecule has 3 amide bonds. The van der Waals surface area contributed by atoms with Crippen LogP contribution in [0.5, 0.6) is 0 Å². The molecule has 0 saturated carbocycles. The number of rotatable bonds is 3. The van der Waals surface area contributed by atoms with Gasteiger partial charge in [-0.25, -0.2) is 9.80 Å². The molecule has 1 atom stereocenters. The molecule has 1 rings (SSSR count). The summed E-state index contributed by atoms with van der Waals surface area (Å²) in [6, 6.07) is -0.491. The number of imide groups is 1. The Morgan fingerprint density at radius 2 is 1.93 bits per heavy atom. The first-order chi connectivity index (χ1) is 7.00. The van der Waals surface area contributed by atoms with Crippen LogP contribution in [0, 0.1) is 5.92 Å². The molecular weight excluding hydrogens is 196 g/mol. The van der Waals surface area contributed by atoms with Crippen LogP contribution in [0.3, 0.4) is 0 Å². The molecule has 15 heavy (non-hydrogen) atoms. The maximum absolute atomic E-state index is 11.1. The van der Waals surface area contributed by atoms with Gasteiger partial charge in [0.1, 0.15) is 0 Å². The standard InChI is InChI=1S/C7H14N4O2.C2H6/c1-4(2)3-11(8)5-6(12)10-7(13)9-5;1-2/h4-5H,3,8H2,1-2H3,(H2,9,10,12,13);1-2H3. The normalized spacial score (nSPS) is 19.8. The van der Waals surface area contributed by atoms with Crippen molar-refractivity contribution >= 4 is 11.9 Å². The van der Waals surface area contributed by atoms with Gasteiger partial charge in [-0.05, 0) is 5.92 Å². The number of hydrazine groups is 1. The molecule has 4 N–H and O–H groups in total. The molecule has 6 nitrogen and oxygen atoms in total. The van der Waals surface area contributed by atoms with Crippen LogP contribution in [0.1, 0.15) is 27.7 Å². The summed E-state index contributed by atoms with van der Waals surface area (Å²) in [5.74, 6) is 5.54. The SMILES string of the molecule is CC.CC(C)CN(N)C1NC(=O)NC1=O. The smallest absolute Gasteiger partial charge is 0.313 e. The first kappa shape index (κ1) is 13.9. The van der Waals surface area contributed by atoms with Crippen molar-refractivity contribution in [3.05, 3.63) is 0 Å². The average molecular weight is 216 g/mol. The first-order valence-corrected chi connectivity index (χ1v) is 5.13. The summed E-state index contributed by atoms with van der Waals surface area (Å²) in [6.45, 7) is 8.52. The lowest BCUT2D eigenvalue weighted by Gasteiger charge is -2.22. The van der Waals surface area contributed by atoms with E-state index < -0.39 is 18.1 Å². The summed E-state index contributed by atoms with van der Waals surface area (Å²) in [7, 11) is 0. The van der Waals surface area contributed by atoms with E-state index in [1.54, 1.807) is 0 Å². The Kier molecular flexibility index (Phi) is 5.88. The number of nitrogens with two attached hydrogens (primary N) is 1. The quantitative estimate of drug-likeness (QED) is 0.352. The van der Waals surface area contributed by atoms with E-state index in [1.165, 1.54) is 5.01 Å². The minimum Gasteiger partial charge on any atom is -0.313 e. The maximum atomic E-state index is 11.1. The van der Waals surface area contributed by atoms with Gasteiger partial charge in [-0.15, -0.1) is 0 Å². The number of hydrogen-bond donors (Lipinski definition) is 3. The van der Waals surface area contributed by atoms with Crippen LogP contribution in [0.2, 0.25) is 0 Å². The van der Waals surface area contributed by atoms with Gasteiger partial charge in [0.2, 0.25) is 0 Å². The van der Waals surface area contributed by atoms with Crippen molar-refractivity contribution in [2.45, 2.75) is 33.9 Å². The zero-order valence-corrected chi connectivity index (χ0v) is 9.70. The minimum atomic E-state index is -0.727. The highest BCUT2D eigenvalue weighted by atomic mass is 16.2. The first-order valence-electron chi connectivity index (χ1n) is 5.13. The second-order valence-electron chi connectivity index (χ2n) is 3.46. The van der Waals surface area contributed by atoms with E-state index in [9.17, 15) is 9.59 Å². The Labute approximate surface area is 90.2 Å². The second kappa shape index (κ2) is 6.36. The molecule has 0 aromatic heterocycles. The lowest BCUT2D eigenvalue weighted by atomic mass is 10.2. The topological polar surface area (TPSA) is 87.5 Å². The molecule has 6 heteroatoms. The van der Waals surface area contributed by atoms with Gasteiger partial charge < -0.3 is 5.32 Å². The Hall–Kier alpha value is -1.14. The summed E-state index contributed by atoms with van der Waals surface area (Å²) in [5.41, 5.74) is 0. The van der Waals surface area contributed by atoms with Gasteiger partial charge in [0.05, 0.1) is 0 Å². The lowest BCUT2D eigenvalue weighted by Crippen LogP contribution is -2.52. The number of urea groups is 1. The number of amides is 3. The van der Waals surface area contributed by atoms with E-state index in [2.05, 4.69) is 10.6 Å². The molecule has 1 heterocycles. The highest BCUT2D eigenvalue weighted by Gasteiger charge is 2.33. The molecule has 0 aromatic carbocycles. The molecule has 0 aromatic rings. The monoisotopic (exact) mass is 216 g/mol. The Morgan fingerprint density at radius 1 is 1.40 bits per heavy atom. The Balaban J connectivity index is 0.000000921. The molecule has 1 aliphatic heterocycles. The van der Waals surface area contributed by atoms with Crippen LogP contribution in [-0.2, 0) is 4.79 Å². The van der Waals surface area contributed by atoms with Gasteiger partial charge in [0.25, 0.3) is 5.91 Å². The van der Waals surface area contributed by atoms with E-state index in [-0.39, 0.29) is 0 Å². The third-order valence-corrected chi connectivity index (χ3v) is 1.66. The molecule has 0 radical (unpaired) electrons. The van der Waals surface area contributed by atoms with Crippen molar-refractivity contribution in [1.82, 2.24) is 15.6 Å². The van der Waals surface area contributed by atoms with Crippen LogP contribution in [0.4, 0.5) is 4.79 Å². The fourth-order valence-electron chi connectivity index (χ4n) is 1.17. The highest BCUT2D eigenvalue weighted by Crippen LogP contribution is 2.00. The molecule has 0 aliphatic carbocycles. The number of carbonyl (C=O) groups is 2. The fraction of sp³-hybridized carbons (Fsp3) is 0.778. The largest absolute Gasteiger partial charge is 0.323 e. The number of nitrogens with one attached hydrogen (secondary N) is 2. The van der Waals surface area contributed by atoms with Gasteiger partial charge >= 0.3 is 6.03 Å². The number of nitrogens with zero attached hydrogens (tertiary/aromatic N) is 1. The van der Waals surface area contributed by atoms with E-state index >= 15 is 0 Å². The summed E-state index contributed by atoms with van der Waals surface area (Å²) in [6.07, 6.45) is -0.727. The molecule has 0 bridgehead atoms. The zero-order chi connectivity index (χ0) is 12.0. The van der Waals surface area contributed by atoms with E-state index in [4.69, 9.17) is 5.84 Å². The fourth-order valence-corrected chi connectivity index (χ4v) is 1.17. The molecular formula is C9H20N4O2. The zero-order valence-electron chi connectivity index (χ0n) is 9.70. The lowest BCUT2D eigenvalue weighted by molar-refractivity contribution is -0.124. The Bertz CT molecular complexity index is 230. The van der Waals surface area contributed by atoms with E-state index in [0.717, 1.165) is 0 Å². The maximum Gasteiger partial charge on any atom is 0.323 e. The summed E-state index contributed by atoms with van der Waals surface area (Å²) >= 11 is 0. The van der Waals surface area contributed by atoms with Crippen molar-refractivity contribution in [2.24, 2.45) is 11.8 Å². The third-order valence-electron chi connectivity index (χ3n) is 1.66. The van der Waals surface area contributed by atoms with Gasteiger partial charge in [0.15, 0.2) is 6.17 Å². The highest BCUT2D eigenvalue weighted by molar-refractivity contribution is 6.03. The Morgan fingerprint density at radius 3 is 2.27 bits per heavy atom. The molecule has 1 unspecified atom stereocenters. The van der Waals surface area contributed by atoms with Gasteiger partial charge in [-0.2, -0.15) is 0 Å². The van der Waals surface area contributed by atoms with Crippen molar-refractivity contribution in [1.29, 1.82) is 0 Å². The van der Waals surface area contributed by atoms with Crippen LogP contribution < -0.4 is 16.5 Å². The van der Waals surface area contributed by atoms with Gasteiger partial charge in [-0.1, -0.05) is 27.7 Å². The molecule has 1 fully saturated rings. The summed E-state index contributed by atoms with van der Waals surface area (Å²) in [5, 5.41) is 5.84. The number of carbonyl (C=O) groups excluding carboxylic acids is 2. The van der Waals surface area contributed by atoms with Crippen LogP contribution in [0.15, 0.2) is 0 Å². The summed E-state index contributed by atoms with van der Waals surface area (Å²) < 4.78 is 0. The molecule has 1 aliphatic rings. The predicted molar refractivity (Wildman–Crippen MR) is 57.5 cm³/mol. The predicted octanol–water partition coefficient (Wildman–Crippen LogP) is 0.00980. The van der Waals surface area contributed by atoms with E-state index in [0.29, 0.717) is 12.5 Å². The molecule has 0 spiro atoms. The van der Waals surface area contributed by atoms with Crippen molar-refractivity contribution in [3.63, 3.8) is 0 Å². The van der Waals surface area contributed by atoms with Crippen molar-refractivity contribution < 1.29 is 9.59 Å². The van der Waals surface area contributed by atoms with Crippen molar-refractivity contribution in [2.75, 3.05) is 6.54 Å². The van der Waals surface area contributed by atoms with E-state index in [1.807, 2.05) is 27.7 Å². The number of hydrogen-bond acceptors (Lipinski definition) is 4.